The van der Waals surface area contributed by atoms with Gasteiger partial charge in [0.15, 0.2) is 17.1 Å². The van der Waals surface area contributed by atoms with Gasteiger partial charge in [-0.1, -0.05) is 6.07 Å². The third-order valence-electron chi connectivity index (χ3n) is 4.38. The molecule has 0 saturated heterocycles. The third kappa shape index (κ3) is 3.72. The summed E-state index contributed by atoms with van der Waals surface area (Å²) in [6, 6.07) is 7.67. The molecule has 0 saturated carbocycles. The zero-order valence-electron chi connectivity index (χ0n) is 16.3. The van der Waals surface area contributed by atoms with Crippen molar-refractivity contribution in [3.8, 4) is 11.5 Å². The van der Waals surface area contributed by atoms with E-state index in [9.17, 15) is 4.79 Å². The minimum Gasteiger partial charge on any atom is -0.493 e. The molecule has 3 rings (SSSR count). The first-order valence-electron chi connectivity index (χ1n) is 8.74. The van der Waals surface area contributed by atoms with Gasteiger partial charge in [0, 0.05) is 31.2 Å². The van der Waals surface area contributed by atoms with Crippen LogP contribution in [0.1, 0.15) is 35.8 Å². The lowest BCUT2D eigenvalue weighted by Gasteiger charge is -2.18. The van der Waals surface area contributed by atoms with Crippen molar-refractivity contribution in [1.29, 1.82) is 0 Å². The Bertz CT molecular complexity index is 965. The van der Waals surface area contributed by atoms with Crippen LogP contribution in [0.3, 0.4) is 0 Å². The smallest absolute Gasteiger partial charge is 0.255 e. The molecule has 0 spiro atoms. The lowest BCUT2D eigenvalue weighted by molar-refractivity contribution is 0.0784. The molecule has 2 aromatic heterocycles. The Balaban J connectivity index is 1.80. The summed E-state index contributed by atoms with van der Waals surface area (Å²) in [7, 11) is 4.95. The molecule has 0 bridgehead atoms. The summed E-state index contributed by atoms with van der Waals surface area (Å²) >= 11 is 0. The minimum absolute atomic E-state index is 0.100. The number of methoxy groups -OCH3 is 2. The molecule has 0 unspecified atom stereocenters. The summed E-state index contributed by atoms with van der Waals surface area (Å²) in [4.78, 5) is 18.9. The molecule has 0 atom stereocenters. The number of carbonyl (C=O) groups is 1. The van der Waals surface area contributed by atoms with Crippen LogP contribution in [-0.4, -0.2) is 46.8 Å². The second kappa shape index (κ2) is 7.65. The van der Waals surface area contributed by atoms with E-state index in [0.29, 0.717) is 23.6 Å². The summed E-state index contributed by atoms with van der Waals surface area (Å²) in [6.45, 7) is 4.54. The van der Waals surface area contributed by atoms with Crippen LogP contribution in [0, 0.1) is 0 Å². The summed E-state index contributed by atoms with van der Waals surface area (Å²) in [5, 5.41) is 5.20. The monoisotopic (exact) mass is 368 g/mol. The molecule has 0 aliphatic carbocycles. The van der Waals surface area contributed by atoms with Crippen molar-refractivity contribution >= 4 is 16.9 Å². The first-order chi connectivity index (χ1) is 12.9. The maximum atomic E-state index is 12.8. The molecule has 0 aliphatic rings. The van der Waals surface area contributed by atoms with Gasteiger partial charge in [-0.25, -0.2) is 9.67 Å². The molecule has 1 amide bonds. The molecule has 27 heavy (non-hydrogen) atoms. The second-order valence-electron chi connectivity index (χ2n) is 6.67. The zero-order chi connectivity index (χ0) is 19.6. The SMILES string of the molecule is COc1ccc(CN(C)C(=O)c2cnc3c(cnn3C(C)C)c2)cc1OC. The normalized spacial score (nSPS) is 11.0. The fraction of sp³-hybridized carbons (Fsp3) is 0.350. The number of hydrogen-bond acceptors (Lipinski definition) is 5. The molecule has 0 aliphatic heterocycles. The maximum Gasteiger partial charge on any atom is 0.255 e. The van der Waals surface area contributed by atoms with Gasteiger partial charge in [0.2, 0.25) is 0 Å². The molecule has 0 fully saturated rings. The van der Waals surface area contributed by atoms with Crippen LogP contribution in [0.5, 0.6) is 11.5 Å². The van der Waals surface area contributed by atoms with Gasteiger partial charge in [0.25, 0.3) is 5.91 Å². The molecular weight excluding hydrogens is 344 g/mol. The number of hydrogen-bond donors (Lipinski definition) is 0. The molecule has 1 aromatic carbocycles. The van der Waals surface area contributed by atoms with E-state index in [-0.39, 0.29) is 11.9 Å². The third-order valence-corrected chi connectivity index (χ3v) is 4.38. The van der Waals surface area contributed by atoms with Gasteiger partial charge in [0.1, 0.15) is 0 Å². The maximum absolute atomic E-state index is 12.8. The first-order valence-corrected chi connectivity index (χ1v) is 8.74. The van der Waals surface area contributed by atoms with E-state index in [0.717, 1.165) is 16.6 Å². The van der Waals surface area contributed by atoms with Crippen molar-refractivity contribution in [3.05, 3.63) is 47.8 Å². The molecule has 0 N–H and O–H groups in total. The fourth-order valence-electron chi connectivity index (χ4n) is 2.98. The van der Waals surface area contributed by atoms with E-state index < -0.39 is 0 Å². The lowest BCUT2D eigenvalue weighted by Crippen LogP contribution is -2.26. The number of carbonyl (C=O) groups excluding carboxylic acids is 1. The Labute approximate surface area is 158 Å². The summed E-state index contributed by atoms with van der Waals surface area (Å²) in [6.07, 6.45) is 3.35. The van der Waals surface area contributed by atoms with E-state index in [1.54, 1.807) is 38.6 Å². The van der Waals surface area contributed by atoms with Crippen molar-refractivity contribution < 1.29 is 14.3 Å². The van der Waals surface area contributed by atoms with Gasteiger partial charge in [-0.15, -0.1) is 0 Å². The average Bonchev–Trinajstić information content (AvgIpc) is 3.10. The zero-order valence-corrected chi connectivity index (χ0v) is 16.3. The fourth-order valence-corrected chi connectivity index (χ4v) is 2.98. The van der Waals surface area contributed by atoms with Crippen molar-refractivity contribution in [3.63, 3.8) is 0 Å². The quantitative estimate of drug-likeness (QED) is 0.668. The first kappa shape index (κ1) is 18.7. The van der Waals surface area contributed by atoms with Crippen molar-refractivity contribution in [2.75, 3.05) is 21.3 Å². The molecule has 3 aromatic rings. The lowest BCUT2D eigenvalue weighted by atomic mass is 10.1. The summed E-state index contributed by atoms with van der Waals surface area (Å²) in [5.74, 6) is 1.20. The molecule has 142 valence electrons. The van der Waals surface area contributed by atoms with Crippen LogP contribution in [0.4, 0.5) is 0 Å². The number of benzene rings is 1. The Morgan fingerprint density at radius 3 is 2.56 bits per heavy atom. The highest BCUT2D eigenvalue weighted by Crippen LogP contribution is 2.28. The summed E-state index contributed by atoms with van der Waals surface area (Å²) < 4.78 is 12.4. The van der Waals surface area contributed by atoms with Gasteiger partial charge >= 0.3 is 0 Å². The number of ether oxygens (including phenoxy) is 2. The highest BCUT2D eigenvalue weighted by atomic mass is 16.5. The van der Waals surface area contributed by atoms with E-state index in [1.165, 1.54) is 0 Å². The van der Waals surface area contributed by atoms with Crippen molar-refractivity contribution in [1.82, 2.24) is 19.7 Å². The van der Waals surface area contributed by atoms with Gasteiger partial charge < -0.3 is 14.4 Å². The second-order valence-corrected chi connectivity index (χ2v) is 6.67. The molecular formula is C20H24N4O3. The standard InChI is InChI=1S/C20H24N4O3/c1-13(2)24-19-15(11-22-24)9-16(10-21-19)20(25)23(3)12-14-6-7-17(26-4)18(8-14)27-5/h6-11,13H,12H2,1-5H3. The van der Waals surface area contributed by atoms with Crippen LogP contribution in [-0.2, 0) is 6.54 Å². The van der Waals surface area contributed by atoms with E-state index in [4.69, 9.17) is 9.47 Å². The highest BCUT2D eigenvalue weighted by molar-refractivity contribution is 5.96. The van der Waals surface area contributed by atoms with E-state index in [1.807, 2.05) is 42.8 Å². The Kier molecular flexibility index (Phi) is 5.30. The Morgan fingerprint density at radius 2 is 1.89 bits per heavy atom. The van der Waals surface area contributed by atoms with Crippen molar-refractivity contribution in [2.45, 2.75) is 26.4 Å². The average molecular weight is 368 g/mol. The number of pyridine rings is 1. The largest absolute Gasteiger partial charge is 0.493 e. The van der Waals surface area contributed by atoms with Gasteiger partial charge in [0.05, 0.1) is 26.0 Å². The predicted molar refractivity (Wildman–Crippen MR) is 103 cm³/mol. The Hall–Kier alpha value is -3.09. The number of fused-ring (bicyclic) bond motifs is 1. The van der Waals surface area contributed by atoms with Crippen LogP contribution >= 0.6 is 0 Å². The minimum atomic E-state index is -0.100. The van der Waals surface area contributed by atoms with Crippen LogP contribution in [0.2, 0.25) is 0 Å². The van der Waals surface area contributed by atoms with E-state index in [2.05, 4.69) is 10.1 Å². The highest BCUT2D eigenvalue weighted by Gasteiger charge is 2.16. The number of aromatic nitrogens is 3. The van der Waals surface area contributed by atoms with E-state index >= 15 is 0 Å². The number of amides is 1. The predicted octanol–water partition coefficient (Wildman–Crippen LogP) is 3.30. The molecule has 0 radical (unpaired) electrons. The molecule has 7 nitrogen and oxygen atoms in total. The number of rotatable bonds is 6. The van der Waals surface area contributed by atoms with Crippen molar-refractivity contribution in [2.24, 2.45) is 0 Å². The topological polar surface area (TPSA) is 69.5 Å². The molecule has 2 heterocycles. The Morgan fingerprint density at radius 1 is 1.15 bits per heavy atom. The number of nitrogens with zero attached hydrogens (tertiary/aromatic N) is 4. The summed E-state index contributed by atoms with van der Waals surface area (Å²) in [5.41, 5.74) is 2.27. The van der Waals surface area contributed by atoms with Crippen LogP contribution in [0.15, 0.2) is 36.7 Å². The van der Waals surface area contributed by atoms with Crippen LogP contribution in [0.25, 0.3) is 11.0 Å². The van der Waals surface area contributed by atoms with Gasteiger partial charge in [-0.3, -0.25) is 4.79 Å². The van der Waals surface area contributed by atoms with Gasteiger partial charge in [-0.05, 0) is 37.6 Å². The molecule has 7 heteroatoms. The van der Waals surface area contributed by atoms with Gasteiger partial charge in [-0.2, -0.15) is 5.10 Å². The van der Waals surface area contributed by atoms with Crippen LogP contribution < -0.4 is 9.47 Å².